The van der Waals surface area contributed by atoms with Gasteiger partial charge < -0.3 is 9.47 Å². The molecule has 0 radical (unpaired) electrons. The molecule has 5 rings (SSSR count). The van der Waals surface area contributed by atoms with Crippen molar-refractivity contribution in [3.8, 4) is 0 Å². The third-order valence-corrected chi connectivity index (χ3v) is 13.8. The number of fused-ring (bicyclic) bond motifs is 5. The van der Waals surface area contributed by atoms with Crippen LogP contribution in [0.1, 0.15) is 57.3 Å². The summed E-state index contributed by atoms with van der Waals surface area (Å²) < 4.78 is 10.9. The zero-order valence-electron chi connectivity index (χ0n) is 22.9. The first-order chi connectivity index (χ1) is 18.7. The molecule has 0 unspecified atom stereocenters. The van der Waals surface area contributed by atoms with Crippen LogP contribution in [0.3, 0.4) is 0 Å². The summed E-state index contributed by atoms with van der Waals surface area (Å²) in [6.45, 7) is 6.81. The minimum Gasteiger partial charge on any atom is -0.458 e. The van der Waals surface area contributed by atoms with E-state index in [1.54, 1.807) is 42.5 Å². The molecule has 0 bridgehead atoms. The van der Waals surface area contributed by atoms with Gasteiger partial charge in [-0.25, -0.2) is 4.79 Å². The molecule has 0 spiro atoms. The summed E-state index contributed by atoms with van der Waals surface area (Å²) in [4.78, 5) is 51.8. The van der Waals surface area contributed by atoms with Gasteiger partial charge in [-0.1, -0.05) is 82.5 Å². The maximum Gasteiger partial charge on any atom is 0.339 e. The summed E-state index contributed by atoms with van der Waals surface area (Å²) in [5.41, 5.74) is -1.60. The van der Waals surface area contributed by atoms with Crippen LogP contribution in [0.25, 0.3) is 0 Å². The van der Waals surface area contributed by atoms with Crippen LogP contribution in [-0.4, -0.2) is 50.2 Å². The van der Waals surface area contributed by atoms with E-state index in [4.69, 9.17) is 21.1 Å². The Balaban J connectivity index is 1.64. The fraction of sp³-hybridized carbons (Fsp3) is 0.548. The Labute approximate surface area is 256 Å². The zero-order valence-corrected chi connectivity index (χ0v) is 26.8. The number of ether oxygens (including phenoxy) is 2. The summed E-state index contributed by atoms with van der Waals surface area (Å²) in [5, 5.41) is -0.494. The average molecular weight is 697 g/mol. The number of Topliss-reactive ketones (excluding diaryl/α,β-unsaturated/α-hetero) is 1. The summed E-state index contributed by atoms with van der Waals surface area (Å²) >= 11 is 15.5. The summed E-state index contributed by atoms with van der Waals surface area (Å²) in [6.07, 6.45) is 6.91. The molecule has 0 amide bonds. The van der Waals surface area contributed by atoms with E-state index in [2.05, 4.69) is 38.8 Å². The molecular weight excluding hydrogens is 664 g/mol. The lowest BCUT2D eigenvalue weighted by Crippen LogP contribution is -2.70. The number of esters is 2. The molecule has 9 atom stereocenters. The van der Waals surface area contributed by atoms with Gasteiger partial charge in [0.15, 0.2) is 18.0 Å². The van der Waals surface area contributed by atoms with E-state index in [1.807, 2.05) is 19.9 Å². The SMILES string of the molecule is CC(=O)OCC(=O)[C@]1(OC(=O)c2ccccc2)[C@H](C)C[C@H]2[C@@H]3[C@H](Br)CC4=CC(=O)C=C[C@]4(C)[C@@]3(Br)[C@@H](Cl)C[C@@]21C. The van der Waals surface area contributed by atoms with Crippen LogP contribution in [0, 0.1) is 28.6 Å². The highest BCUT2D eigenvalue weighted by atomic mass is 79.9. The number of carbonyl (C=O) groups is 4. The van der Waals surface area contributed by atoms with Crippen molar-refractivity contribution < 1.29 is 28.7 Å². The lowest BCUT2D eigenvalue weighted by atomic mass is 9.46. The van der Waals surface area contributed by atoms with Gasteiger partial charge in [0.25, 0.3) is 0 Å². The van der Waals surface area contributed by atoms with Crippen LogP contribution in [0.15, 0.2) is 54.1 Å². The number of ketones is 2. The molecule has 1 aromatic rings. The third kappa shape index (κ3) is 4.06. The first-order valence-corrected chi connectivity index (χ1v) is 15.7. The molecule has 0 aliphatic heterocycles. The molecule has 6 nitrogen and oxygen atoms in total. The molecule has 0 saturated heterocycles. The molecule has 9 heteroatoms. The van der Waals surface area contributed by atoms with Crippen molar-refractivity contribution in [2.75, 3.05) is 6.61 Å². The minimum absolute atomic E-state index is 0.0362. The second-order valence-electron chi connectivity index (χ2n) is 12.1. The Hall–Kier alpha value is -1.77. The van der Waals surface area contributed by atoms with Gasteiger partial charge in [0, 0.05) is 28.5 Å². The molecule has 40 heavy (non-hydrogen) atoms. The van der Waals surface area contributed by atoms with Crippen molar-refractivity contribution in [1.82, 2.24) is 0 Å². The summed E-state index contributed by atoms with van der Waals surface area (Å²) in [6, 6.07) is 8.60. The van der Waals surface area contributed by atoms with Gasteiger partial charge in [0.05, 0.1) is 15.3 Å². The number of benzene rings is 1. The Morgan fingerprint density at radius 3 is 2.48 bits per heavy atom. The highest BCUT2D eigenvalue weighted by Gasteiger charge is 2.77. The van der Waals surface area contributed by atoms with Crippen LogP contribution in [-0.2, 0) is 23.9 Å². The van der Waals surface area contributed by atoms with Gasteiger partial charge in [-0.05, 0) is 55.4 Å². The van der Waals surface area contributed by atoms with Gasteiger partial charge >= 0.3 is 11.9 Å². The number of carbonyl (C=O) groups excluding carboxylic acids is 4. The first-order valence-electron chi connectivity index (χ1n) is 13.6. The summed E-state index contributed by atoms with van der Waals surface area (Å²) in [7, 11) is 0. The van der Waals surface area contributed by atoms with Crippen molar-refractivity contribution in [3.05, 3.63) is 59.7 Å². The van der Waals surface area contributed by atoms with E-state index in [-0.39, 0.29) is 28.4 Å². The zero-order chi connectivity index (χ0) is 29.3. The standard InChI is InChI=1S/C31H33Br2ClO6/c1-17-12-22-26-23(32)14-20-13-21(36)10-11-28(20,3)30(26,33)24(34)15-29(22,4)31(17,25(37)16-39-18(2)35)40-27(38)19-8-6-5-7-9-19/h5-11,13,17,22-24,26H,12,14-16H2,1-4H3/t17-,22+,23-,24+,26-,28+,29+,30-,31-/m1/s1. The van der Waals surface area contributed by atoms with Crippen LogP contribution in [0.5, 0.6) is 0 Å². The van der Waals surface area contributed by atoms with E-state index in [0.717, 1.165) is 5.57 Å². The predicted octanol–water partition coefficient (Wildman–Crippen LogP) is 6.38. The maximum absolute atomic E-state index is 14.2. The smallest absolute Gasteiger partial charge is 0.339 e. The second kappa shape index (κ2) is 10.2. The van der Waals surface area contributed by atoms with E-state index in [0.29, 0.717) is 24.8 Å². The Morgan fingerprint density at radius 2 is 1.82 bits per heavy atom. The molecular formula is C31H33Br2ClO6. The first kappa shape index (κ1) is 29.7. The van der Waals surface area contributed by atoms with Crippen LogP contribution in [0.2, 0.25) is 0 Å². The number of hydrogen-bond donors (Lipinski definition) is 0. The molecule has 3 saturated carbocycles. The molecule has 1 aromatic carbocycles. The van der Waals surface area contributed by atoms with E-state index >= 15 is 0 Å². The maximum atomic E-state index is 14.2. The Morgan fingerprint density at radius 1 is 1.15 bits per heavy atom. The van der Waals surface area contributed by atoms with Crippen LogP contribution < -0.4 is 0 Å². The van der Waals surface area contributed by atoms with E-state index in [1.165, 1.54) is 6.92 Å². The van der Waals surface area contributed by atoms with Crippen molar-refractivity contribution in [1.29, 1.82) is 0 Å². The number of alkyl halides is 3. The van der Waals surface area contributed by atoms with Crippen molar-refractivity contribution in [2.45, 2.75) is 67.1 Å². The largest absolute Gasteiger partial charge is 0.458 e. The molecule has 0 N–H and O–H groups in total. The second-order valence-corrected chi connectivity index (χ2v) is 15.2. The van der Waals surface area contributed by atoms with Crippen LogP contribution in [0.4, 0.5) is 0 Å². The Kier molecular flexibility index (Phi) is 7.57. The van der Waals surface area contributed by atoms with Gasteiger partial charge in [0.2, 0.25) is 5.78 Å². The molecule has 0 heterocycles. The monoisotopic (exact) mass is 694 g/mol. The number of allylic oxidation sites excluding steroid dienone is 4. The number of rotatable bonds is 5. The topological polar surface area (TPSA) is 86.7 Å². The summed E-state index contributed by atoms with van der Waals surface area (Å²) in [5.74, 6) is -2.19. The lowest BCUT2D eigenvalue weighted by Gasteiger charge is -2.65. The van der Waals surface area contributed by atoms with Crippen molar-refractivity contribution in [3.63, 3.8) is 0 Å². The number of hydrogen-bond acceptors (Lipinski definition) is 6. The van der Waals surface area contributed by atoms with E-state index in [9.17, 15) is 19.2 Å². The minimum atomic E-state index is -1.57. The quantitative estimate of drug-likeness (QED) is 0.263. The lowest BCUT2D eigenvalue weighted by molar-refractivity contribution is -0.172. The number of halogens is 3. The van der Waals surface area contributed by atoms with Crippen LogP contribution >= 0.6 is 43.5 Å². The van der Waals surface area contributed by atoms with Gasteiger partial charge in [-0.3, -0.25) is 14.4 Å². The highest BCUT2D eigenvalue weighted by molar-refractivity contribution is 9.10. The molecule has 3 fully saturated rings. The van der Waals surface area contributed by atoms with Crippen molar-refractivity contribution in [2.24, 2.45) is 28.6 Å². The Bertz CT molecular complexity index is 1330. The normalized spacial score (nSPS) is 41.7. The average Bonchev–Trinajstić information content (AvgIpc) is 3.11. The fourth-order valence-corrected chi connectivity index (χ4v) is 11.7. The molecule has 214 valence electrons. The third-order valence-electron chi connectivity index (χ3n) is 10.2. The predicted molar refractivity (Wildman–Crippen MR) is 159 cm³/mol. The van der Waals surface area contributed by atoms with E-state index < -0.39 is 50.5 Å². The van der Waals surface area contributed by atoms with Gasteiger partial charge in [-0.2, -0.15) is 0 Å². The fourth-order valence-electron chi connectivity index (χ4n) is 8.33. The molecule has 0 aromatic heterocycles. The molecule has 4 aliphatic rings. The van der Waals surface area contributed by atoms with Gasteiger partial charge in [0.1, 0.15) is 0 Å². The van der Waals surface area contributed by atoms with Gasteiger partial charge in [-0.15, -0.1) is 11.6 Å². The highest BCUT2D eigenvalue weighted by Crippen LogP contribution is 2.74. The molecule has 4 aliphatic carbocycles. The van der Waals surface area contributed by atoms with Crippen molar-refractivity contribution >= 4 is 67.0 Å².